The highest BCUT2D eigenvalue weighted by Gasteiger charge is 2.07. The van der Waals surface area contributed by atoms with Gasteiger partial charge in [-0.15, -0.1) is 0 Å². The lowest BCUT2D eigenvalue weighted by atomic mass is 10.2. The molecule has 0 atom stereocenters. The standard InChI is InChI=1S/C21H16N2O2/c1-24-19-13-9-18(10-14-19)23-21(17-5-3-2-4-6-17)25-20-11-7-16(15-22)8-12-20/h2-14H,1H3. The van der Waals surface area contributed by atoms with Crippen molar-refractivity contribution in [1.82, 2.24) is 0 Å². The summed E-state index contributed by atoms with van der Waals surface area (Å²) < 4.78 is 11.1. The number of methoxy groups -OCH3 is 1. The van der Waals surface area contributed by atoms with E-state index >= 15 is 0 Å². The summed E-state index contributed by atoms with van der Waals surface area (Å²) >= 11 is 0. The second kappa shape index (κ2) is 7.80. The number of aliphatic imine (C=N–C) groups is 1. The van der Waals surface area contributed by atoms with E-state index in [1.54, 1.807) is 31.4 Å². The van der Waals surface area contributed by atoms with Crippen LogP contribution in [0.5, 0.6) is 11.5 Å². The van der Waals surface area contributed by atoms with Gasteiger partial charge in [0.1, 0.15) is 11.5 Å². The molecule has 0 amide bonds. The Morgan fingerprint density at radius 1 is 0.840 bits per heavy atom. The molecule has 3 aromatic carbocycles. The van der Waals surface area contributed by atoms with Crippen LogP contribution in [0.2, 0.25) is 0 Å². The molecule has 0 aliphatic carbocycles. The minimum Gasteiger partial charge on any atom is -0.497 e. The molecule has 0 N–H and O–H groups in total. The molecule has 0 spiro atoms. The van der Waals surface area contributed by atoms with Crippen LogP contribution in [0.25, 0.3) is 0 Å². The van der Waals surface area contributed by atoms with Crippen molar-refractivity contribution >= 4 is 11.6 Å². The molecule has 122 valence electrons. The Hall–Kier alpha value is -3.58. The SMILES string of the molecule is COc1ccc(N=C(Oc2ccc(C#N)cc2)c2ccccc2)cc1. The summed E-state index contributed by atoms with van der Waals surface area (Å²) in [6.07, 6.45) is 0. The molecule has 4 nitrogen and oxygen atoms in total. The monoisotopic (exact) mass is 328 g/mol. The van der Waals surface area contributed by atoms with Crippen molar-refractivity contribution in [2.45, 2.75) is 0 Å². The molecule has 3 aromatic rings. The first-order chi connectivity index (χ1) is 12.3. The summed E-state index contributed by atoms with van der Waals surface area (Å²) in [5.41, 5.74) is 2.21. The molecule has 3 rings (SSSR count). The number of nitrogens with zero attached hydrogens (tertiary/aromatic N) is 2. The van der Waals surface area contributed by atoms with Gasteiger partial charge in [-0.3, -0.25) is 0 Å². The van der Waals surface area contributed by atoms with Crippen molar-refractivity contribution in [2.75, 3.05) is 7.11 Å². The maximum Gasteiger partial charge on any atom is 0.227 e. The fraction of sp³-hybridized carbons (Fsp3) is 0.0476. The van der Waals surface area contributed by atoms with Gasteiger partial charge in [0, 0.05) is 5.56 Å². The molecule has 0 heterocycles. The molecule has 0 aromatic heterocycles. The summed E-state index contributed by atoms with van der Waals surface area (Å²) in [4.78, 5) is 4.62. The highest BCUT2D eigenvalue weighted by atomic mass is 16.5. The average Bonchev–Trinajstić information content (AvgIpc) is 2.69. The average molecular weight is 328 g/mol. The van der Waals surface area contributed by atoms with Crippen LogP contribution >= 0.6 is 0 Å². The summed E-state index contributed by atoms with van der Waals surface area (Å²) in [5, 5.41) is 8.90. The van der Waals surface area contributed by atoms with Crippen LogP contribution in [0.15, 0.2) is 83.9 Å². The molecule has 0 bridgehead atoms. The van der Waals surface area contributed by atoms with E-state index in [4.69, 9.17) is 14.7 Å². The van der Waals surface area contributed by atoms with Crippen LogP contribution in [0.3, 0.4) is 0 Å². The molecule has 0 radical (unpaired) electrons. The third-order valence-electron chi connectivity index (χ3n) is 3.52. The van der Waals surface area contributed by atoms with Gasteiger partial charge in [-0.2, -0.15) is 5.26 Å². The first-order valence-corrected chi connectivity index (χ1v) is 7.74. The third-order valence-corrected chi connectivity index (χ3v) is 3.52. The van der Waals surface area contributed by atoms with Gasteiger partial charge >= 0.3 is 0 Å². The highest BCUT2D eigenvalue weighted by Crippen LogP contribution is 2.21. The van der Waals surface area contributed by atoms with E-state index in [1.165, 1.54) is 0 Å². The summed E-state index contributed by atoms with van der Waals surface area (Å²) in [6, 6.07) is 26.1. The quantitative estimate of drug-likeness (QED) is 0.514. The summed E-state index contributed by atoms with van der Waals surface area (Å²) in [5.74, 6) is 1.87. The van der Waals surface area contributed by atoms with Gasteiger partial charge in [-0.05, 0) is 60.7 Å². The minimum atomic E-state index is 0.482. The number of hydrogen-bond acceptors (Lipinski definition) is 4. The first kappa shape index (κ1) is 16.3. The van der Waals surface area contributed by atoms with Crippen LogP contribution in [0.4, 0.5) is 5.69 Å². The maximum absolute atomic E-state index is 8.90. The van der Waals surface area contributed by atoms with E-state index in [0.29, 0.717) is 17.2 Å². The Morgan fingerprint density at radius 3 is 2.08 bits per heavy atom. The van der Waals surface area contributed by atoms with Crippen molar-refractivity contribution in [2.24, 2.45) is 4.99 Å². The molecular formula is C21H16N2O2. The number of benzene rings is 3. The minimum absolute atomic E-state index is 0.482. The molecule has 0 aliphatic heterocycles. The molecular weight excluding hydrogens is 312 g/mol. The van der Waals surface area contributed by atoms with Crippen molar-refractivity contribution < 1.29 is 9.47 Å². The largest absolute Gasteiger partial charge is 0.497 e. The van der Waals surface area contributed by atoms with E-state index < -0.39 is 0 Å². The normalized spacial score (nSPS) is 10.8. The summed E-state index contributed by atoms with van der Waals surface area (Å²) in [7, 11) is 1.63. The van der Waals surface area contributed by atoms with Gasteiger partial charge in [0.25, 0.3) is 0 Å². The van der Waals surface area contributed by atoms with Crippen LogP contribution < -0.4 is 9.47 Å². The van der Waals surface area contributed by atoms with Crippen LogP contribution in [0, 0.1) is 11.3 Å². The Labute approximate surface area is 146 Å². The van der Waals surface area contributed by atoms with Crippen molar-refractivity contribution in [3.05, 3.63) is 90.0 Å². The van der Waals surface area contributed by atoms with Gasteiger partial charge < -0.3 is 9.47 Å². The predicted molar refractivity (Wildman–Crippen MR) is 97.4 cm³/mol. The molecule has 0 saturated carbocycles. The Balaban J connectivity index is 1.94. The zero-order valence-electron chi connectivity index (χ0n) is 13.7. The van der Waals surface area contributed by atoms with E-state index in [9.17, 15) is 0 Å². The maximum atomic E-state index is 8.90. The van der Waals surface area contributed by atoms with Crippen molar-refractivity contribution in [3.63, 3.8) is 0 Å². The zero-order chi connectivity index (χ0) is 17.5. The lowest BCUT2D eigenvalue weighted by molar-refractivity contribution is 0.415. The number of hydrogen-bond donors (Lipinski definition) is 0. The predicted octanol–water partition coefficient (Wildman–Crippen LogP) is 4.72. The highest BCUT2D eigenvalue weighted by molar-refractivity contribution is 5.97. The number of nitriles is 1. The van der Waals surface area contributed by atoms with Crippen LogP contribution in [0.1, 0.15) is 11.1 Å². The fourth-order valence-corrected chi connectivity index (χ4v) is 2.21. The van der Waals surface area contributed by atoms with Gasteiger partial charge in [0.05, 0.1) is 24.4 Å². The van der Waals surface area contributed by atoms with Crippen LogP contribution in [-0.2, 0) is 0 Å². The molecule has 0 aliphatic rings. The molecule has 25 heavy (non-hydrogen) atoms. The lowest BCUT2D eigenvalue weighted by Crippen LogP contribution is -2.10. The molecule has 0 fully saturated rings. The fourth-order valence-electron chi connectivity index (χ4n) is 2.21. The van der Waals surface area contributed by atoms with E-state index in [0.717, 1.165) is 17.0 Å². The topological polar surface area (TPSA) is 54.6 Å². The zero-order valence-corrected chi connectivity index (χ0v) is 13.7. The third kappa shape index (κ3) is 4.24. The lowest BCUT2D eigenvalue weighted by Gasteiger charge is -2.10. The van der Waals surface area contributed by atoms with Gasteiger partial charge in [0.2, 0.25) is 5.90 Å². The Morgan fingerprint density at radius 2 is 1.48 bits per heavy atom. The van der Waals surface area contributed by atoms with Gasteiger partial charge in [-0.25, -0.2) is 4.99 Å². The number of ether oxygens (including phenoxy) is 2. The molecule has 0 unspecified atom stereocenters. The van der Waals surface area contributed by atoms with E-state index in [2.05, 4.69) is 11.1 Å². The van der Waals surface area contributed by atoms with E-state index in [1.807, 2.05) is 54.6 Å². The van der Waals surface area contributed by atoms with Gasteiger partial charge in [-0.1, -0.05) is 18.2 Å². The first-order valence-electron chi connectivity index (χ1n) is 7.74. The van der Waals surface area contributed by atoms with Gasteiger partial charge in [0.15, 0.2) is 0 Å². The second-order valence-corrected chi connectivity index (χ2v) is 5.22. The molecule has 4 heteroatoms. The summed E-state index contributed by atoms with van der Waals surface area (Å²) in [6.45, 7) is 0. The Kier molecular flexibility index (Phi) is 5.08. The van der Waals surface area contributed by atoms with Crippen LogP contribution in [-0.4, -0.2) is 13.0 Å². The molecule has 0 saturated heterocycles. The number of rotatable bonds is 4. The van der Waals surface area contributed by atoms with Crippen molar-refractivity contribution in [1.29, 1.82) is 5.26 Å². The Bertz CT molecular complexity index is 893. The van der Waals surface area contributed by atoms with E-state index in [-0.39, 0.29) is 0 Å². The smallest absolute Gasteiger partial charge is 0.227 e. The second-order valence-electron chi connectivity index (χ2n) is 5.22. The van der Waals surface area contributed by atoms with Crippen molar-refractivity contribution in [3.8, 4) is 17.6 Å².